The number of hydrogen-bond acceptors (Lipinski definition) is 2. The smallest absolute Gasteiger partial charge is 0.194 e. The largest absolute Gasteiger partial charge is 0.357 e. The van der Waals surface area contributed by atoms with E-state index in [4.69, 9.17) is 17.2 Å². The van der Waals surface area contributed by atoms with Gasteiger partial charge in [0.1, 0.15) is 11.3 Å². The van der Waals surface area contributed by atoms with Gasteiger partial charge in [-0.25, -0.2) is 9.98 Å². The van der Waals surface area contributed by atoms with Crippen LogP contribution in [-0.2, 0) is 13.0 Å². The van der Waals surface area contributed by atoms with Crippen LogP contribution in [0.3, 0.4) is 0 Å². The van der Waals surface area contributed by atoms with Crippen LogP contribution in [0.1, 0.15) is 25.1 Å². The minimum absolute atomic E-state index is 0.496. The Morgan fingerprint density at radius 3 is 3.09 bits per heavy atom. The van der Waals surface area contributed by atoms with Gasteiger partial charge in [0.05, 0.1) is 5.52 Å². The number of nitrogens with one attached hydrogen (secondary N) is 1. The Kier molecular flexibility index (Phi) is 4.63. The molecule has 22 heavy (non-hydrogen) atoms. The van der Waals surface area contributed by atoms with Gasteiger partial charge in [-0.05, 0) is 37.2 Å². The van der Waals surface area contributed by atoms with Crippen LogP contribution in [0.2, 0.25) is 0 Å². The van der Waals surface area contributed by atoms with E-state index in [0.717, 1.165) is 41.6 Å². The predicted octanol–water partition coefficient (Wildman–Crippen LogP) is 2.72. The molecule has 0 amide bonds. The van der Waals surface area contributed by atoms with Crippen molar-refractivity contribution in [1.82, 2.24) is 14.9 Å². The fourth-order valence-corrected chi connectivity index (χ4v) is 2.97. The van der Waals surface area contributed by atoms with Gasteiger partial charge in [0.2, 0.25) is 0 Å². The minimum Gasteiger partial charge on any atom is -0.357 e. The van der Waals surface area contributed by atoms with Crippen molar-refractivity contribution in [3.05, 3.63) is 48.2 Å². The highest BCUT2D eigenvalue weighted by Gasteiger charge is 2.12. The highest BCUT2D eigenvalue weighted by molar-refractivity contribution is 7.80. The van der Waals surface area contributed by atoms with Gasteiger partial charge in [-0.1, -0.05) is 24.6 Å². The summed E-state index contributed by atoms with van der Waals surface area (Å²) in [5.41, 5.74) is 1.91. The molecule has 0 atom stereocenters. The first-order valence-electron chi connectivity index (χ1n) is 7.71. The summed E-state index contributed by atoms with van der Waals surface area (Å²) in [7, 11) is 0. The number of nitrogens with zero attached hydrogens (tertiary/aromatic N) is 3. The van der Waals surface area contributed by atoms with Crippen LogP contribution < -0.4 is 10.8 Å². The van der Waals surface area contributed by atoms with Crippen LogP contribution in [0.25, 0.3) is 10.9 Å². The van der Waals surface area contributed by atoms with E-state index in [2.05, 4.69) is 27.5 Å². The minimum atomic E-state index is 0.496. The van der Waals surface area contributed by atoms with Crippen LogP contribution in [0.5, 0.6) is 0 Å². The molecule has 0 fully saturated rings. The third kappa shape index (κ3) is 3.09. The van der Waals surface area contributed by atoms with E-state index in [1.165, 1.54) is 12.8 Å². The second kappa shape index (κ2) is 6.83. The molecule has 2 heterocycles. The van der Waals surface area contributed by atoms with Crippen molar-refractivity contribution in [2.45, 2.75) is 32.2 Å². The summed E-state index contributed by atoms with van der Waals surface area (Å²) in [4.78, 5) is 9.50. The lowest BCUT2D eigenvalue weighted by molar-refractivity contribution is 0.608. The molecule has 0 bridgehead atoms. The maximum atomic E-state index is 5.34. The number of aromatic nitrogens is 2. The third-order valence-electron chi connectivity index (χ3n) is 3.85. The number of hydrogen-bond donors (Lipinski definition) is 1. The van der Waals surface area contributed by atoms with E-state index < -0.39 is 0 Å². The van der Waals surface area contributed by atoms with Gasteiger partial charge in [-0.15, -0.1) is 6.58 Å². The van der Waals surface area contributed by atoms with Gasteiger partial charge < -0.3 is 9.88 Å². The predicted molar refractivity (Wildman–Crippen MR) is 93.6 cm³/mol. The lowest BCUT2D eigenvalue weighted by Crippen LogP contribution is -2.30. The molecule has 4 nitrogen and oxygen atoms in total. The van der Waals surface area contributed by atoms with Crippen molar-refractivity contribution < 1.29 is 0 Å². The van der Waals surface area contributed by atoms with Gasteiger partial charge in [0, 0.05) is 24.9 Å². The van der Waals surface area contributed by atoms with Crippen molar-refractivity contribution in [3.8, 4) is 0 Å². The lowest BCUT2D eigenvalue weighted by Gasteiger charge is -2.13. The average molecular weight is 312 g/mol. The summed E-state index contributed by atoms with van der Waals surface area (Å²) in [5.74, 6) is 1.11. The molecular weight excluding hydrogens is 292 g/mol. The number of para-hydroxylation sites is 1. The first-order valence-corrected chi connectivity index (χ1v) is 8.12. The number of benzene rings is 1. The fourth-order valence-electron chi connectivity index (χ4n) is 2.80. The Bertz CT molecular complexity index is 776. The molecule has 2 aromatic rings. The zero-order chi connectivity index (χ0) is 15.4. The third-order valence-corrected chi connectivity index (χ3v) is 4.08. The van der Waals surface area contributed by atoms with Crippen LogP contribution >= 0.6 is 12.2 Å². The first kappa shape index (κ1) is 14.9. The van der Waals surface area contributed by atoms with E-state index in [1.54, 1.807) is 6.08 Å². The lowest BCUT2D eigenvalue weighted by atomic mass is 10.2. The molecule has 1 aromatic carbocycles. The average Bonchev–Trinajstić information content (AvgIpc) is 2.78. The monoisotopic (exact) mass is 312 g/mol. The molecule has 1 N–H and O–H groups in total. The van der Waals surface area contributed by atoms with Crippen molar-refractivity contribution in [2.24, 2.45) is 4.99 Å². The molecular formula is C17H20N4S. The SMILES string of the molecule is C=CCNC(=S)N=c1c2ccccc2nc2n1CCCCC2. The molecule has 1 aromatic heterocycles. The van der Waals surface area contributed by atoms with Gasteiger partial charge >= 0.3 is 0 Å². The Balaban J connectivity index is 2.20. The molecule has 1 aliphatic rings. The highest BCUT2D eigenvalue weighted by atomic mass is 32.1. The summed E-state index contributed by atoms with van der Waals surface area (Å²) < 4.78 is 2.23. The zero-order valence-electron chi connectivity index (χ0n) is 12.6. The molecule has 5 heteroatoms. The number of aryl methyl sites for hydroxylation is 1. The van der Waals surface area contributed by atoms with E-state index in [9.17, 15) is 0 Å². The molecule has 0 unspecified atom stereocenters. The van der Waals surface area contributed by atoms with Crippen LogP contribution in [0, 0.1) is 0 Å². The van der Waals surface area contributed by atoms with Crippen molar-refractivity contribution in [2.75, 3.05) is 6.54 Å². The number of thiocarbonyl (C=S) groups is 1. The molecule has 0 radical (unpaired) electrons. The topological polar surface area (TPSA) is 42.2 Å². The van der Waals surface area contributed by atoms with Crippen molar-refractivity contribution in [1.29, 1.82) is 0 Å². The molecule has 3 rings (SSSR count). The van der Waals surface area contributed by atoms with Gasteiger partial charge in [-0.2, -0.15) is 0 Å². The van der Waals surface area contributed by atoms with Crippen molar-refractivity contribution >= 4 is 28.2 Å². The Hall–Kier alpha value is -2.01. The van der Waals surface area contributed by atoms with Gasteiger partial charge in [-0.3, -0.25) is 0 Å². The Morgan fingerprint density at radius 1 is 1.36 bits per heavy atom. The highest BCUT2D eigenvalue weighted by Crippen LogP contribution is 2.14. The molecule has 0 saturated heterocycles. The molecule has 0 saturated carbocycles. The van der Waals surface area contributed by atoms with Crippen LogP contribution in [0.15, 0.2) is 41.9 Å². The summed E-state index contributed by atoms with van der Waals surface area (Å²) in [5, 5.41) is 4.63. The molecule has 1 aliphatic heterocycles. The summed E-state index contributed by atoms with van der Waals surface area (Å²) in [6, 6.07) is 8.14. The zero-order valence-corrected chi connectivity index (χ0v) is 13.4. The maximum absolute atomic E-state index is 5.34. The van der Waals surface area contributed by atoms with E-state index in [-0.39, 0.29) is 0 Å². The standard InChI is InChI=1S/C17H20N4S/c1-2-11-18-17(22)20-16-13-8-5-6-9-14(13)19-15-10-4-3-7-12-21(15)16/h2,5-6,8-9H,1,3-4,7,10-12H2,(H,18,22). The molecule has 0 spiro atoms. The normalized spacial score (nSPS) is 15.2. The summed E-state index contributed by atoms with van der Waals surface area (Å²) >= 11 is 5.34. The van der Waals surface area contributed by atoms with Crippen LogP contribution in [0.4, 0.5) is 0 Å². The Labute approximate surface area is 135 Å². The molecule has 114 valence electrons. The van der Waals surface area contributed by atoms with E-state index in [1.807, 2.05) is 18.2 Å². The van der Waals surface area contributed by atoms with Crippen LogP contribution in [-0.4, -0.2) is 21.2 Å². The summed E-state index contributed by atoms with van der Waals surface area (Å²) in [6.45, 7) is 5.27. The molecule has 0 aliphatic carbocycles. The van der Waals surface area contributed by atoms with E-state index >= 15 is 0 Å². The fraction of sp³-hybridized carbons (Fsp3) is 0.353. The maximum Gasteiger partial charge on any atom is 0.194 e. The first-order chi connectivity index (χ1) is 10.8. The quantitative estimate of drug-likeness (QED) is 0.685. The Morgan fingerprint density at radius 2 is 2.23 bits per heavy atom. The van der Waals surface area contributed by atoms with Gasteiger partial charge in [0.15, 0.2) is 5.11 Å². The van der Waals surface area contributed by atoms with E-state index in [0.29, 0.717) is 11.7 Å². The second-order valence-electron chi connectivity index (χ2n) is 5.42. The van der Waals surface area contributed by atoms with Crippen molar-refractivity contribution in [3.63, 3.8) is 0 Å². The number of fused-ring (bicyclic) bond motifs is 2. The summed E-state index contributed by atoms with van der Waals surface area (Å²) in [6.07, 6.45) is 6.36. The second-order valence-corrected chi connectivity index (χ2v) is 5.80. The van der Waals surface area contributed by atoms with Gasteiger partial charge in [0.25, 0.3) is 0 Å². The number of rotatable bonds is 2.